The first-order valence-corrected chi connectivity index (χ1v) is 10.7. The van der Waals surface area contributed by atoms with Crippen molar-refractivity contribution >= 4 is 0 Å². The summed E-state index contributed by atoms with van der Waals surface area (Å²) in [4.78, 5) is 9.15. The largest absolute Gasteiger partial charge is 0.236 e. The third kappa shape index (κ3) is 5.31. The van der Waals surface area contributed by atoms with E-state index < -0.39 is 0 Å². The van der Waals surface area contributed by atoms with Gasteiger partial charge in [-0.3, -0.25) is 0 Å². The van der Waals surface area contributed by atoms with Crippen LogP contribution in [0.3, 0.4) is 0 Å². The van der Waals surface area contributed by atoms with E-state index in [4.69, 9.17) is 0 Å². The van der Waals surface area contributed by atoms with E-state index in [9.17, 15) is 0 Å². The molecule has 1 unspecified atom stereocenters. The molecule has 3 rings (SSSR count). The van der Waals surface area contributed by atoms with Gasteiger partial charge in [0.15, 0.2) is 5.82 Å². The molecule has 1 atom stereocenters. The Hall–Kier alpha value is -1.96. The minimum absolute atomic E-state index is 0.0876. The smallest absolute Gasteiger partial charge is 0.159 e. The SMILES string of the molecule is CC(C)(C)C1=CCC(CCc2ccc(-c3ncc(C(C)(C)C)cn3)cc2)CC1. The fourth-order valence-corrected chi connectivity index (χ4v) is 3.89. The highest BCUT2D eigenvalue weighted by Crippen LogP contribution is 2.36. The number of hydrogen-bond acceptors (Lipinski definition) is 2. The Bertz CT molecular complexity index is 799. The molecule has 1 heterocycles. The summed E-state index contributed by atoms with van der Waals surface area (Å²) in [6, 6.07) is 8.82. The fourth-order valence-electron chi connectivity index (χ4n) is 3.89. The lowest BCUT2D eigenvalue weighted by atomic mass is 9.76. The van der Waals surface area contributed by atoms with E-state index in [-0.39, 0.29) is 5.41 Å². The van der Waals surface area contributed by atoms with Crippen LogP contribution in [0.25, 0.3) is 11.4 Å². The van der Waals surface area contributed by atoms with Crippen LogP contribution in [0.2, 0.25) is 0 Å². The summed E-state index contributed by atoms with van der Waals surface area (Å²) < 4.78 is 0. The molecule has 1 aromatic carbocycles. The number of benzene rings is 1. The van der Waals surface area contributed by atoms with Crippen LogP contribution in [0.1, 0.15) is 78.4 Å². The van der Waals surface area contributed by atoms with Gasteiger partial charge in [0.1, 0.15) is 0 Å². The Labute approximate surface area is 171 Å². The van der Waals surface area contributed by atoms with Gasteiger partial charge in [-0.2, -0.15) is 0 Å². The summed E-state index contributed by atoms with van der Waals surface area (Å²) in [7, 11) is 0. The van der Waals surface area contributed by atoms with Crippen LogP contribution in [-0.2, 0) is 11.8 Å². The predicted octanol–water partition coefficient (Wildman–Crippen LogP) is 7.15. The van der Waals surface area contributed by atoms with E-state index in [1.54, 1.807) is 5.57 Å². The molecule has 1 aliphatic carbocycles. The van der Waals surface area contributed by atoms with Gasteiger partial charge in [0.05, 0.1) is 0 Å². The Morgan fingerprint density at radius 3 is 2.04 bits per heavy atom. The quantitative estimate of drug-likeness (QED) is 0.530. The second-order valence-corrected chi connectivity index (χ2v) is 10.4. The summed E-state index contributed by atoms with van der Waals surface area (Å²) in [5.74, 6) is 1.64. The molecule has 2 aromatic rings. The van der Waals surface area contributed by atoms with E-state index in [0.29, 0.717) is 5.41 Å². The maximum Gasteiger partial charge on any atom is 0.159 e. The zero-order valence-corrected chi connectivity index (χ0v) is 18.5. The standard InChI is InChI=1S/C26H36N2/c1-25(2,3)22-15-11-20(12-16-22)8-7-19-9-13-21(14-10-19)24-27-17-23(18-28-24)26(4,5)6/h9-10,13-15,17-18,20H,7-8,11-12,16H2,1-6H3. The maximum absolute atomic E-state index is 4.57. The normalized spacial score (nSPS) is 18.1. The highest BCUT2D eigenvalue weighted by atomic mass is 14.9. The molecule has 0 radical (unpaired) electrons. The monoisotopic (exact) mass is 376 g/mol. The highest BCUT2D eigenvalue weighted by molar-refractivity contribution is 5.55. The molecule has 1 aromatic heterocycles. The Kier molecular flexibility index (Phi) is 6.07. The summed E-state index contributed by atoms with van der Waals surface area (Å²) in [5.41, 5.74) is 5.76. The van der Waals surface area contributed by atoms with Crippen molar-refractivity contribution in [1.82, 2.24) is 9.97 Å². The molecular weight excluding hydrogens is 340 g/mol. The maximum atomic E-state index is 4.57. The van der Waals surface area contributed by atoms with Gasteiger partial charge in [-0.25, -0.2) is 9.97 Å². The predicted molar refractivity (Wildman–Crippen MR) is 119 cm³/mol. The first kappa shape index (κ1) is 20.8. The molecule has 150 valence electrons. The van der Waals surface area contributed by atoms with Crippen LogP contribution in [0.5, 0.6) is 0 Å². The molecule has 0 saturated heterocycles. The molecule has 0 N–H and O–H groups in total. The average molecular weight is 377 g/mol. The Morgan fingerprint density at radius 2 is 1.54 bits per heavy atom. The van der Waals surface area contributed by atoms with Crippen molar-refractivity contribution < 1.29 is 0 Å². The van der Waals surface area contributed by atoms with Gasteiger partial charge in [-0.1, -0.05) is 77.5 Å². The minimum Gasteiger partial charge on any atom is -0.236 e. The van der Waals surface area contributed by atoms with Crippen LogP contribution in [0.15, 0.2) is 48.3 Å². The minimum atomic E-state index is 0.0876. The van der Waals surface area contributed by atoms with Crippen LogP contribution in [-0.4, -0.2) is 9.97 Å². The number of hydrogen-bond donors (Lipinski definition) is 0. The molecule has 2 heteroatoms. The molecule has 0 spiro atoms. The molecular formula is C26H36N2. The van der Waals surface area contributed by atoms with Gasteiger partial charge in [0, 0.05) is 18.0 Å². The van der Waals surface area contributed by atoms with Gasteiger partial charge >= 0.3 is 0 Å². The molecule has 0 bridgehead atoms. The average Bonchev–Trinajstić information content (AvgIpc) is 2.66. The van der Waals surface area contributed by atoms with Gasteiger partial charge in [0.25, 0.3) is 0 Å². The van der Waals surface area contributed by atoms with Crippen molar-refractivity contribution in [2.45, 2.75) is 79.1 Å². The van der Waals surface area contributed by atoms with Gasteiger partial charge in [-0.05, 0) is 60.0 Å². The highest BCUT2D eigenvalue weighted by Gasteiger charge is 2.22. The van der Waals surface area contributed by atoms with Crippen molar-refractivity contribution in [3.8, 4) is 11.4 Å². The van der Waals surface area contributed by atoms with E-state index >= 15 is 0 Å². The van der Waals surface area contributed by atoms with Crippen molar-refractivity contribution in [3.05, 3.63) is 59.4 Å². The molecule has 1 aliphatic rings. The Morgan fingerprint density at radius 1 is 0.893 bits per heavy atom. The fraction of sp³-hybridized carbons (Fsp3) is 0.538. The van der Waals surface area contributed by atoms with E-state index in [2.05, 4.69) is 81.9 Å². The number of aromatic nitrogens is 2. The molecule has 28 heavy (non-hydrogen) atoms. The molecule has 0 aliphatic heterocycles. The Balaban J connectivity index is 1.56. The zero-order valence-electron chi connectivity index (χ0n) is 18.5. The second-order valence-electron chi connectivity index (χ2n) is 10.4. The molecule has 0 fully saturated rings. The van der Waals surface area contributed by atoms with Gasteiger partial charge in [0.2, 0.25) is 0 Å². The lowest BCUT2D eigenvalue weighted by molar-refractivity contribution is 0.388. The summed E-state index contributed by atoms with van der Waals surface area (Å²) in [5, 5.41) is 0. The van der Waals surface area contributed by atoms with E-state index in [1.807, 2.05) is 12.4 Å². The summed E-state index contributed by atoms with van der Waals surface area (Å²) in [6.07, 6.45) is 12.7. The van der Waals surface area contributed by atoms with Crippen molar-refractivity contribution in [3.63, 3.8) is 0 Å². The summed E-state index contributed by atoms with van der Waals surface area (Å²) in [6.45, 7) is 13.6. The first-order chi connectivity index (χ1) is 13.1. The number of aryl methyl sites for hydroxylation is 1. The third-order valence-corrected chi connectivity index (χ3v) is 6.05. The number of nitrogens with zero attached hydrogens (tertiary/aromatic N) is 2. The topological polar surface area (TPSA) is 25.8 Å². The van der Waals surface area contributed by atoms with E-state index in [0.717, 1.165) is 23.7 Å². The second kappa shape index (κ2) is 8.19. The number of allylic oxidation sites excluding steroid dienone is 2. The first-order valence-electron chi connectivity index (χ1n) is 10.7. The zero-order chi connectivity index (χ0) is 20.4. The third-order valence-electron chi connectivity index (χ3n) is 6.05. The van der Waals surface area contributed by atoms with Crippen molar-refractivity contribution in [1.29, 1.82) is 0 Å². The summed E-state index contributed by atoms with van der Waals surface area (Å²) >= 11 is 0. The lowest BCUT2D eigenvalue weighted by Crippen LogP contribution is -2.16. The van der Waals surface area contributed by atoms with Crippen LogP contribution in [0.4, 0.5) is 0 Å². The van der Waals surface area contributed by atoms with Gasteiger partial charge in [-0.15, -0.1) is 0 Å². The van der Waals surface area contributed by atoms with Crippen molar-refractivity contribution in [2.75, 3.05) is 0 Å². The number of rotatable bonds is 4. The molecule has 2 nitrogen and oxygen atoms in total. The van der Waals surface area contributed by atoms with Crippen LogP contribution in [0, 0.1) is 11.3 Å². The van der Waals surface area contributed by atoms with E-state index in [1.165, 1.54) is 36.8 Å². The molecule has 0 saturated carbocycles. The molecule has 0 amide bonds. The van der Waals surface area contributed by atoms with Gasteiger partial charge < -0.3 is 0 Å². The van der Waals surface area contributed by atoms with Crippen LogP contribution >= 0.6 is 0 Å². The lowest BCUT2D eigenvalue weighted by Gasteiger charge is -2.29. The van der Waals surface area contributed by atoms with Crippen molar-refractivity contribution in [2.24, 2.45) is 11.3 Å². The van der Waals surface area contributed by atoms with Crippen LogP contribution < -0.4 is 0 Å².